The molecule has 1 amide bonds. The Morgan fingerprint density at radius 1 is 1.26 bits per heavy atom. The summed E-state index contributed by atoms with van der Waals surface area (Å²) in [6, 6.07) is 6.24. The summed E-state index contributed by atoms with van der Waals surface area (Å²) in [4.78, 5) is 23.1. The van der Waals surface area contributed by atoms with Crippen molar-refractivity contribution in [1.29, 1.82) is 0 Å². The molecule has 2 aromatic rings. The van der Waals surface area contributed by atoms with Gasteiger partial charge in [-0.1, -0.05) is 17.8 Å². The Morgan fingerprint density at radius 2 is 2.00 bits per heavy atom. The van der Waals surface area contributed by atoms with Crippen LogP contribution in [-0.2, 0) is 16.8 Å². The summed E-state index contributed by atoms with van der Waals surface area (Å²) >= 11 is 1.46. The third kappa shape index (κ3) is 3.41. The zero-order chi connectivity index (χ0) is 18.9. The lowest BCUT2D eigenvalue weighted by atomic mass is 9.79. The second kappa shape index (κ2) is 7.48. The molecule has 7 heteroatoms. The Hall–Kier alpha value is -2.12. The molecule has 0 bridgehead atoms. The lowest BCUT2D eigenvalue weighted by molar-refractivity contribution is -0.0935. The van der Waals surface area contributed by atoms with Crippen molar-refractivity contribution < 1.29 is 14.3 Å². The Morgan fingerprint density at radius 3 is 2.67 bits per heavy atom. The van der Waals surface area contributed by atoms with Crippen molar-refractivity contribution in [3.8, 4) is 5.75 Å². The van der Waals surface area contributed by atoms with Gasteiger partial charge in [-0.15, -0.1) is 0 Å². The van der Waals surface area contributed by atoms with E-state index < -0.39 is 0 Å². The summed E-state index contributed by atoms with van der Waals surface area (Å²) in [5.41, 5.74) is 2.78. The Kier molecular flexibility index (Phi) is 5.06. The summed E-state index contributed by atoms with van der Waals surface area (Å²) in [5.74, 6) is 0.871. The molecular formula is C20H23N3O3S. The number of carbonyl (C=O) groups excluding carboxylic acids is 1. The molecule has 3 heterocycles. The zero-order valence-electron chi connectivity index (χ0n) is 15.6. The number of benzene rings is 1. The van der Waals surface area contributed by atoms with Crippen molar-refractivity contribution in [2.45, 2.75) is 30.0 Å². The number of methoxy groups -OCH3 is 1. The maximum Gasteiger partial charge on any atom is 0.256 e. The van der Waals surface area contributed by atoms with Gasteiger partial charge >= 0.3 is 0 Å². The second-order valence-corrected chi connectivity index (χ2v) is 7.64. The number of fused-ring (bicyclic) bond motifs is 2. The highest BCUT2D eigenvalue weighted by Gasteiger charge is 2.41. The largest absolute Gasteiger partial charge is 0.497 e. The lowest BCUT2D eigenvalue weighted by Gasteiger charge is -2.45. The van der Waals surface area contributed by atoms with Crippen molar-refractivity contribution in [3.63, 3.8) is 0 Å². The number of likely N-dealkylation sites (tertiary alicyclic amines) is 1. The molecule has 1 aromatic heterocycles. The monoisotopic (exact) mass is 385 g/mol. The predicted molar refractivity (Wildman–Crippen MR) is 103 cm³/mol. The number of carbonyl (C=O) groups is 1. The molecule has 0 radical (unpaired) electrons. The first-order valence-electron chi connectivity index (χ1n) is 9.12. The summed E-state index contributed by atoms with van der Waals surface area (Å²) < 4.78 is 11.6. The maximum absolute atomic E-state index is 12.8. The van der Waals surface area contributed by atoms with E-state index in [-0.39, 0.29) is 11.5 Å². The van der Waals surface area contributed by atoms with Crippen molar-refractivity contribution in [3.05, 3.63) is 47.3 Å². The third-order valence-corrected chi connectivity index (χ3v) is 6.04. The summed E-state index contributed by atoms with van der Waals surface area (Å²) in [7, 11) is 1.69. The van der Waals surface area contributed by atoms with Crippen LogP contribution in [0.5, 0.6) is 5.75 Å². The highest BCUT2D eigenvalue weighted by Crippen LogP contribution is 2.42. The van der Waals surface area contributed by atoms with E-state index in [1.54, 1.807) is 19.5 Å². The molecule has 0 N–H and O–H groups in total. The van der Waals surface area contributed by atoms with E-state index in [0.717, 1.165) is 25.0 Å². The number of piperidine rings is 1. The van der Waals surface area contributed by atoms with Crippen LogP contribution in [0.15, 0.2) is 35.7 Å². The molecule has 1 fully saturated rings. The fourth-order valence-corrected chi connectivity index (χ4v) is 4.30. The van der Waals surface area contributed by atoms with Gasteiger partial charge in [-0.3, -0.25) is 4.79 Å². The van der Waals surface area contributed by atoms with Crippen LogP contribution in [0.1, 0.15) is 34.3 Å². The van der Waals surface area contributed by atoms with E-state index in [4.69, 9.17) is 9.47 Å². The Bertz CT molecular complexity index is 833. The number of hydrogen-bond acceptors (Lipinski definition) is 6. The van der Waals surface area contributed by atoms with Crippen LogP contribution in [-0.4, -0.2) is 53.8 Å². The van der Waals surface area contributed by atoms with E-state index in [0.29, 0.717) is 30.4 Å². The Labute approximate surface area is 163 Å². The molecule has 1 aromatic carbocycles. The topological polar surface area (TPSA) is 64.6 Å². The van der Waals surface area contributed by atoms with Gasteiger partial charge < -0.3 is 14.4 Å². The molecule has 6 nitrogen and oxygen atoms in total. The van der Waals surface area contributed by atoms with Gasteiger partial charge in [0.15, 0.2) is 5.16 Å². The van der Waals surface area contributed by atoms with Crippen LogP contribution < -0.4 is 4.74 Å². The minimum atomic E-state index is -0.296. The molecule has 1 spiro atoms. The van der Waals surface area contributed by atoms with Gasteiger partial charge in [0.2, 0.25) is 0 Å². The maximum atomic E-state index is 12.8. The van der Waals surface area contributed by atoms with Gasteiger partial charge in [-0.2, -0.15) is 0 Å². The second-order valence-electron chi connectivity index (χ2n) is 6.87. The quantitative estimate of drug-likeness (QED) is 0.598. The van der Waals surface area contributed by atoms with Gasteiger partial charge in [0, 0.05) is 25.5 Å². The predicted octanol–water partition coefficient (Wildman–Crippen LogP) is 2.91. The molecule has 142 valence electrons. The Balaban J connectivity index is 1.50. The number of thioether (sulfide) groups is 1. The number of ether oxygens (including phenoxy) is 2. The fourth-order valence-electron chi connectivity index (χ4n) is 3.98. The average molecular weight is 385 g/mol. The first kappa shape index (κ1) is 18.3. The fraction of sp³-hybridized carbons (Fsp3) is 0.450. The van der Waals surface area contributed by atoms with Crippen LogP contribution in [0, 0.1) is 0 Å². The van der Waals surface area contributed by atoms with Crippen LogP contribution in [0.3, 0.4) is 0 Å². The summed E-state index contributed by atoms with van der Waals surface area (Å²) in [6.45, 7) is 2.03. The number of hydrogen-bond donors (Lipinski definition) is 0. The van der Waals surface area contributed by atoms with Gasteiger partial charge in [-0.05, 0) is 48.8 Å². The molecular weight excluding hydrogens is 362 g/mol. The van der Waals surface area contributed by atoms with E-state index in [1.165, 1.54) is 22.9 Å². The van der Waals surface area contributed by atoms with E-state index >= 15 is 0 Å². The number of aromatic nitrogens is 2. The SMILES string of the molecule is COc1ccc2c(c1)CCOC21CCN(C(=O)c2cnc(SC)nc2)CC1. The molecule has 0 saturated carbocycles. The lowest BCUT2D eigenvalue weighted by Crippen LogP contribution is -2.48. The van der Waals surface area contributed by atoms with Crippen molar-refractivity contribution in [1.82, 2.24) is 14.9 Å². The first-order chi connectivity index (χ1) is 13.1. The molecule has 0 unspecified atom stereocenters. The molecule has 1 saturated heterocycles. The van der Waals surface area contributed by atoms with Crippen LogP contribution >= 0.6 is 11.8 Å². The third-order valence-electron chi connectivity index (χ3n) is 5.47. The average Bonchev–Trinajstić information content (AvgIpc) is 2.74. The van der Waals surface area contributed by atoms with Crippen LogP contribution in [0.25, 0.3) is 0 Å². The summed E-state index contributed by atoms with van der Waals surface area (Å²) in [6.07, 6.45) is 7.63. The normalized spacial score (nSPS) is 18.2. The molecule has 2 aliphatic rings. The number of amides is 1. The standard InChI is InChI=1S/C20H23N3O3S/c1-25-16-3-4-17-14(11-16)5-10-26-20(17)6-8-23(9-7-20)18(24)15-12-21-19(27-2)22-13-15/h3-4,11-13H,5-10H2,1-2H3. The van der Waals surface area contributed by atoms with Crippen LogP contribution in [0.2, 0.25) is 0 Å². The van der Waals surface area contributed by atoms with Crippen molar-refractivity contribution in [2.75, 3.05) is 33.1 Å². The van der Waals surface area contributed by atoms with Gasteiger partial charge in [0.05, 0.1) is 24.9 Å². The van der Waals surface area contributed by atoms with Crippen molar-refractivity contribution >= 4 is 17.7 Å². The molecule has 0 aliphatic carbocycles. The molecule has 4 rings (SSSR count). The first-order valence-corrected chi connectivity index (χ1v) is 10.3. The number of rotatable bonds is 3. The molecule has 0 atom stereocenters. The highest BCUT2D eigenvalue weighted by atomic mass is 32.2. The minimum Gasteiger partial charge on any atom is -0.497 e. The van der Waals surface area contributed by atoms with Crippen LogP contribution in [0.4, 0.5) is 0 Å². The highest BCUT2D eigenvalue weighted by molar-refractivity contribution is 7.98. The van der Waals surface area contributed by atoms with E-state index in [1.807, 2.05) is 17.2 Å². The smallest absolute Gasteiger partial charge is 0.256 e. The zero-order valence-corrected chi connectivity index (χ0v) is 16.4. The van der Waals surface area contributed by atoms with Gasteiger partial charge in [0.25, 0.3) is 5.91 Å². The van der Waals surface area contributed by atoms with Gasteiger partial charge in [-0.25, -0.2) is 9.97 Å². The molecule has 27 heavy (non-hydrogen) atoms. The minimum absolute atomic E-state index is 0.0109. The van der Waals surface area contributed by atoms with E-state index in [9.17, 15) is 4.79 Å². The van der Waals surface area contributed by atoms with Crippen molar-refractivity contribution in [2.24, 2.45) is 0 Å². The van der Waals surface area contributed by atoms with E-state index in [2.05, 4.69) is 22.1 Å². The number of nitrogens with zero attached hydrogens (tertiary/aromatic N) is 3. The molecule has 2 aliphatic heterocycles. The summed E-state index contributed by atoms with van der Waals surface area (Å²) in [5, 5.41) is 0.673. The van der Waals surface area contributed by atoms with Gasteiger partial charge in [0.1, 0.15) is 5.75 Å².